The van der Waals surface area contributed by atoms with Crippen molar-refractivity contribution in [3.63, 3.8) is 0 Å². The highest BCUT2D eigenvalue weighted by atomic mass is 16.6. The maximum absolute atomic E-state index is 13.6. The van der Waals surface area contributed by atoms with Gasteiger partial charge in [-0.15, -0.1) is 0 Å². The van der Waals surface area contributed by atoms with Crippen molar-refractivity contribution in [2.24, 2.45) is 0 Å². The molecule has 0 aliphatic carbocycles. The van der Waals surface area contributed by atoms with Crippen molar-refractivity contribution in [1.29, 1.82) is 0 Å². The number of alkyl carbamates (subject to hydrolysis) is 1. The van der Waals surface area contributed by atoms with Crippen LogP contribution in [0.5, 0.6) is 5.75 Å². The van der Waals surface area contributed by atoms with Crippen molar-refractivity contribution in [3.05, 3.63) is 59.2 Å². The number of carbonyl (C=O) groups excluding carboxylic acids is 3. The Morgan fingerprint density at radius 3 is 2.09 bits per heavy atom. The number of phenolic OH excluding ortho intramolecular Hbond substituents is 1. The second kappa shape index (κ2) is 11.0. The van der Waals surface area contributed by atoms with Gasteiger partial charge >= 0.3 is 6.09 Å². The second-order valence-corrected chi connectivity index (χ2v) is 9.24. The summed E-state index contributed by atoms with van der Waals surface area (Å²) in [5.41, 5.74) is 2.29. The lowest BCUT2D eigenvalue weighted by atomic mass is 10.0. The largest absolute Gasteiger partial charge is 0.508 e. The summed E-state index contributed by atoms with van der Waals surface area (Å²) >= 11 is 0. The van der Waals surface area contributed by atoms with Crippen molar-refractivity contribution in [2.45, 2.75) is 66.2 Å². The lowest BCUT2D eigenvalue weighted by molar-refractivity contribution is -0.140. The zero-order chi connectivity index (χ0) is 25.6. The van der Waals surface area contributed by atoms with Crippen LogP contribution in [0.4, 0.5) is 10.5 Å². The number of likely N-dealkylation sites (N-methyl/N-ethyl adjacent to an activating group) is 1. The average molecular weight is 470 g/mol. The minimum absolute atomic E-state index is 0.0481. The molecule has 184 valence electrons. The smallest absolute Gasteiger partial charge is 0.408 e. The number of carbonyl (C=O) groups is 3. The van der Waals surface area contributed by atoms with E-state index < -0.39 is 35.6 Å². The molecule has 2 aromatic rings. The number of phenols is 1. The van der Waals surface area contributed by atoms with Crippen molar-refractivity contribution in [1.82, 2.24) is 10.2 Å². The predicted octanol–water partition coefficient (Wildman–Crippen LogP) is 4.45. The third kappa shape index (κ3) is 6.97. The van der Waals surface area contributed by atoms with Gasteiger partial charge in [0.25, 0.3) is 5.91 Å². The number of nitrogens with one attached hydrogen (secondary N) is 2. The van der Waals surface area contributed by atoms with Gasteiger partial charge in [0.2, 0.25) is 5.91 Å². The summed E-state index contributed by atoms with van der Waals surface area (Å²) in [6.45, 7) is 12.5. The molecule has 0 radical (unpaired) electrons. The van der Waals surface area contributed by atoms with Gasteiger partial charge in [-0.05, 0) is 77.3 Å². The Hall–Kier alpha value is -3.55. The Bertz CT molecular complexity index is 1010. The first-order valence-electron chi connectivity index (χ1n) is 11.3. The minimum Gasteiger partial charge on any atom is -0.508 e. The maximum atomic E-state index is 13.6. The Balaban J connectivity index is 2.38. The van der Waals surface area contributed by atoms with E-state index in [1.807, 2.05) is 32.0 Å². The third-order valence-corrected chi connectivity index (χ3v) is 5.23. The molecule has 0 aliphatic rings. The molecule has 0 spiro atoms. The molecule has 3 N–H and O–H groups in total. The van der Waals surface area contributed by atoms with Gasteiger partial charge in [-0.3, -0.25) is 9.59 Å². The van der Waals surface area contributed by atoms with E-state index >= 15 is 0 Å². The number of ether oxygens (including phenoxy) is 1. The van der Waals surface area contributed by atoms with E-state index in [0.717, 1.165) is 11.1 Å². The molecule has 0 saturated carbocycles. The number of benzene rings is 2. The summed E-state index contributed by atoms with van der Waals surface area (Å²) in [6, 6.07) is 9.93. The molecule has 3 amide bonds. The van der Waals surface area contributed by atoms with E-state index in [4.69, 9.17) is 4.74 Å². The van der Waals surface area contributed by atoms with Crippen molar-refractivity contribution < 1.29 is 24.2 Å². The van der Waals surface area contributed by atoms with Crippen LogP contribution < -0.4 is 10.6 Å². The minimum atomic E-state index is -0.986. The molecule has 0 heterocycles. The first-order valence-corrected chi connectivity index (χ1v) is 11.3. The van der Waals surface area contributed by atoms with Crippen LogP contribution in [0.2, 0.25) is 0 Å². The van der Waals surface area contributed by atoms with Gasteiger partial charge in [0.15, 0.2) is 0 Å². The van der Waals surface area contributed by atoms with E-state index in [2.05, 4.69) is 10.6 Å². The van der Waals surface area contributed by atoms with Crippen LogP contribution in [0, 0.1) is 13.8 Å². The predicted molar refractivity (Wildman–Crippen MR) is 132 cm³/mol. The number of aromatic hydroxyl groups is 1. The van der Waals surface area contributed by atoms with Gasteiger partial charge in [-0.2, -0.15) is 0 Å². The lowest BCUT2D eigenvalue weighted by Crippen LogP contribution is -2.51. The number of anilines is 1. The summed E-state index contributed by atoms with van der Waals surface area (Å²) in [7, 11) is 0. The lowest BCUT2D eigenvalue weighted by Gasteiger charge is -2.33. The molecule has 0 fully saturated rings. The summed E-state index contributed by atoms with van der Waals surface area (Å²) in [5, 5.41) is 15.2. The van der Waals surface area contributed by atoms with E-state index in [-0.39, 0.29) is 12.3 Å². The summed E-state index contributed by atoms with van der Waals surface area (Å²) < 4.78 is 5.26. The van der Waals surface area contributed by atoms with Crippen LogP contribution in [0.3, 0.4) is 0 Å². The first-order chi connectivity index (χ1) is 15.8. The molecular weight excluding hydrogens is 434 g/mol. The Kier molecular flexibility index (Phi) is 8.68. The van der Waals surface area contributed by atoms with Crippen molar-refractivity contribution in [2.75, 3.05) is 11.9 Å². The first kappa shape index (κ1) is 26.7. The molecule has 0 bridgehead atoms. The Morgan fingerprint density at radius 2 is 1.59 bits per heavy atom. The fourth-order valence-electron chi connectivity index (χ4n) is 3.59. The summed E-state index contributed by atoms with van der Waals surface area (Å²) in [5.74, 6) is -0.794. The molecule has 34 heavy (non-hydrogen) atoms. The monoisotopic (exact) mass is 469 g/mol. The van der Waals surface area contributed by atoms with Crippen LogP contribution in [-0.4, -0.2) is 46.1 Å². The van der Waals surface area contributed by atoms with Gasteiger partial charge in [0, 0.05) is 12.2 Å². The van der Waals surface area contributed by atoms with Crippen molar-refractivity contribution in [3.8, 4) is 5.75 Å². The van der Waals surface area contributed by atoms with E-state index in [1.54, 1.807) is 46.8 Å². The normalized spacial score (nSPS) is 12.9. The maximum Gasteiger partial charge on any atom is 0.408 e. The Labute approximate surface area is 201 Å². The molecule has 0 aromatic heterocycles. The van der Waals surface area contributed by atoms with Crippen LogP contribution in [0.25, 0.3) is 0 Å². The molecule has 8 nitrogen and oxygen atoms in total. The number of hydrogen-bond acceptors (Lipinski definition) is 5. The number of rotatable bonds is 7. The zero-order valence-corrected chi connectivity index (χ0v) is 20.9. The van der Waals surface area contributed by atoms with E-state index in [9.17, 15) is 19.5 Å². The van der Waals surface area contributed by atoms with Crippen LogP contribution in [0.15, 0.2) is 42.5 Å². The number of aryl methyl sites for hydroxylation is 2. The van der Waals surface area contributed by atoms with Gasteiger partial charge in [-0.1, -0.05) is 30.3 Å². The summed E-state index contributed by atoms with van der Waals surface area (Å²) in [6.07, 6.45) is -0.717. The van der Waals surface area contributed by atoms with Gasteiger partial charge in [0.05, 0.1) is 0 Å². The Morgan fingerprint density at radius 1 is 1.03 bits per heavy atom. The number of nitrogens with zero attached hydrogens (tertiary/aromatic N) is 1. The average Bonchev–Trinajstić information content (AvgIpc) is 2.73. The molecule has 2 aromatic carbocycles. The highest BCUT2D eigenvalue weighted by Gasteiger charge is 2.34. The molecule has 2 rings (SSSR count). The van der Waals surface area contributed by atoms with Gasteiger partial charge < -0.3 is 25.4 Å². The highest BCUT2D eigenvalue weighted by Crippen LogP contribution is 2.27. The van der Waals surface area contributed by atoms with Crippen LogP contribution in [-0.2, 0) is 14.3 Å². The number of para-hydroxylation sites is 1. The molecule has 0 saturated heterocycles. The highest BCUT2D eigenvalue weighted by molar-refractivity contribution is 5.99. The molecule has 8 heteroatoms. The number of amides is 3. The SMILES string of the molecule is CCN(C(=O)C(C)NC(=O)OC(C)(C)C)C(C(=O)Nc1c(C)cccc1C)c1ccc(O)cc1. The molecule has 2 atom stereocenters. The summed E-state index contributed by atoms with van der Waals surface area (Å²) in [4.78, 5) is 40.5. The second-order valence-electron chi connectivity index (χ2n) is 9.24. The van der Waals surface area contributed by atoms with Crippen LogP contribution >= 0.6 is 0 Å². The fourth-order valence-corrected chi connectivity index (χ4v) is 3.59. The zero-order valence-electron chi connectivity index (χ0n) is 20.9. The topological polar surface area (TPSA) is 108 Å². The van der Waals surface area contributed by atoms with Crippen molar-refractivity contribution >= 4 is 23.6 Å². The van der Waals surface area contributed by atoms with Gasteiger partial charge in [0.1, 0.15) is 23.4 Å². The third-order valence-electron chi connectivity index (χ3n) is 5.23. The van der Waals surface area contributed by atoms with Gasteiger partial charge in [-0.25, -0.2) is 4.79 Å². The standard InChI is InChI=1S/C26H35N3O5/c1-8-29(24(32)18(4)27-25(33)34-26(5,6)7)22(19-12-14-20(30)15-13-19)23(31)28-21-16(2)10-9-11-17(21)3/h9-15,18,22,30H,8H2,1-7H3,(H,27,33)(H,28,31). The fraction of sp³-hybridized carbons (Fsp3) is 0.423. The quantitative estimate of drug-likeness (QED) is 0.555. The number of hydrogen-bond donors (Lipinski definition) is 3. The van der Waals surface area contributed by atoms with Crippen LogP contribution in [0.1, 0.15) is 57.4 Å². The molecule has 0 aliphatic heterocycles. The van der Waals surface area contributed by atoms with E-state index in [0.29, 0.717) is 11.3 Å². The van der Waals surface area contributed by atoms with E-state index in [1.165, 1.54) is 17.0 Å². The molecular formula is C26H35N3O5. The molecule has 2 unspecified atom stereocenters.